The molecule has 0 radical (unpaired) electrons. The molecule has 4 nitrogen and oxygen atoms in total. The molecule has 1 heterocycles. The number of ether oxygens (including phenoxy) is 2. The van der Waals surface area contributed by atoms with Crippen LogP contribution in [-0.4, -0.2) is 56.5 Å². The van der Waals surface area contributed by atoms with E-state index in [9.17, 15) is 0 Å². The number of nitrogens with two attached hydrogens (primary N) is 1. The number of hydrogen-bond donors (Lipinski definition) is 1. The zero-order valence-corrected chi connectivity index (χ0v) is 13.2. The fourth-order valence-corrected chi connectivity index (χ4v) is 3.06. The molecule has 1 saturated heterocycles. The van der Waals surface area contributed by atoms with Gasteiger partial charge >= 0.3 is 0 Å². The monoisotopic (exact) mass is 272 g/mol. The quantitative estimate of drug-likeness (QED) is 0.733. The second kappa shape index (κ2) is 8.20. The molecule has 0 spiro atoms. The van der Waals surface area contributed by atoms with Crippen LogP contribution in [0.2, 0.25) is 0 Å². The van der Waals surface area contributed by atoms with E-state index in [1.54, 1.807) is 7.11 Å². The zero-order chi connectivity index (χ0) is 14.3. The van der Waals surface area contributed by atoms with E-state index in [1.165, 1.54) is 12.8 Å². The van der Waals surface area contributed by atoms with Gasteiger partial charge < -0.3 is 15.2 Å². The van der Waals surface area contributed by atoms with Crippen LogP contribution >= 0.6 is 0 Å². The van der Waals surface area contributed by atoms with Gasteiger partial charge in [-0.2, -0.15) is 0 Å². The van der Waals surface area contributed by atoms with Gasteiger partial charge in [-0.15, -0.1) is 0 Å². The molecule has 0 aliphatic carbocycles. The van der Waals surface area contributed by atoms with E-state index in [4.69, 9.17) is 15.2 Å². The van der Waals surface area contributed by atoms with Gasteiger partial charge in [0.05, 0.1) is 18.2 Å². The Labute approximate surface area is 118 Å². The molecular weight excluding hydrogens is 240 g/mol. The molecule has 2 N–H and O–H groups in total. The molecule has 0 aromatic rings. The van der Waals surface area contributed by atoms with Crippen molar-refractivity contribution in [3.05, 3.63) is 0 Å². The van der Waals surface area contributed by atoms with Gasteiger partial charge in [0.2, 0.25) is 0 Å². The van der Waals surface area contributed by atoms with Crippen LogP contribution in [0.5, 0.6) is 0 Å². The lowest BCUT2D eigenvalue weighted by molar-refractivity contribution is -0.0736. The van der Waals surface area contributed by atoms with Gasteiger partial charge in [-0.1, -0.05) is 20.8 Å². The molecule has 1 aliphatic heterocycles. The minimum Gasteiger partial charge on any atom is -0.383 e. The van der Waals surface area contributed by atoms with E-state index in [1.807, 2.05) is 0 Å². The van der Waals surface area contributed by atoms with E-state index in [0.717, 1.165) is 26.1 Å². The Balaban J connectivity index is 2.72. The van der Waals surface area contributed by atoms with Gasteiger partial charge in [0.15, 0.2) is 0 Å². The third-order valence-corrected chi connectivity index (χ3v) is 4.39. The second-order valence-electron chi connectivity index (χ2n) is 5.98. The SMILES string of the molecule is CCCOC1CCCN(C(CN)(COC)C(C)C)C1. The summed E-state index contributed by atoms with van der Waals surface area (Å²) < 4.78 is 11.4. The van der Waals surface area contributed by atoms with Crippen molar-refractivity contribution in [1.82, 2.24) is 4.90 Å². The number of rotatable bonds is 8. The summed E-state index contributed by atoms with van der Waals surface area (Å²) in [7, 11) is 1.77. The molecule has 0 aromatic heterocycles. The van der Waals surface area contributed by atoms with Crippen LogP contribution in [0.1, 0.15) is 40.0 Å². The first kappa shape index (κ1) is 16.9. The molecule has 0 saturated carbocycles. The van der Waals surface area contributed by atoms with E-state index >= 15 is 0 Å². The number of nitrogens with zero attached hydrogens (tertiary/aromatic N) is 1. The molecule has 0 amide bonds. The zero-order valence-electron chi connectivity index (χ0n) is 13.2. The number of piperidine rings is 1. The predicted molar refractivity (Wildman–Crippen MR) is 79.3 cm³/mol. The molecule has 0 aromatic carbocycles. The first-order valence-corrected chi connectivity index (χ1v) is 7.66. The van der Waals surface area contributed by atoms with Crippen molar-refractivity contribution < 1.29 is 9.47 Å². The highest BCUT2D eigenvalue weighted by Crippen LogP contribution is 2.29. The average molecular weight is 272 g/mol. The summed E-state index contributed by atoms with van der Waals surface area (Å²) in [6.07, 6.45) is 3.80. The lowest BCUT2D eigenvalue weighted by Crippen LogP contribution is -2.63. The summed E-state index contributed by atoms with van der Waals surface area (Å²) in [5.74, 6) is 0.474. The molecule has 2 atom stereocenters. The van der Waals surface area contributed by atoms with Crippen molar-refractivity contribution in [2.75, 3.05) is 40.0 Å². The van der Waals surface area contributed by atoms with Gasteiger partial charge in [-0.05, 0) is 31.7 Å². The van der Waals surface area contributed by atoms with Crippen LogP contribution in [0.3, 0.4) is 0 Å². The Kier molecular flexibility index (Phi) is 7.29. The molecular formula is C15H32N2O2. The summed E-state index contributed by atoms with van der Waals surface area (Å²) in [6, 6.07) is 0. The topological polar surface area (TPSA) is 47.7 Å². The lowest BCUT2D eigenvalue weighted by atomic mass is 9.83. The summed E-state index contributed by atoms with van der Waals surface area (Å²) in [6.45, 7) is 10.9. The summed E-state index contributed by atoms with van der Waals surface area (Å²) in [5, 5.41) is 0. The molecule has 1 fully saturated rings. The minimum absolute atomic E-state index is 0.0526. The highest BCUT2D eigenvalue weighted by atomic mass is 16.5. The lowest BCUT2D eigenvalue weighted by Gasteiger charge is -2.49. The number of likely N-dealkylation sites (tertiary alicyclic amines) is 1. The molecule has 1 rings (SSSR count). The van der Waals surface area contributed by atoms with Gasteiger partial charge in [0, 0.05) is 26.8 Å². The van der Waals surface area contributed by atoms with Gasteiger partial charge in [0.25, 0.3) is 0 Å². The fourth-order valence-electron chi connectivity index (χ4n) is 3.06. The van der Waals surface area contributed by atoms with Crippen molar-refractivity contribution in [2.45, 2.75) is 51.7 Å². The first-order chi connectivity index (χ1) is 9.10. The summed E-state index contributed by atoms with van der Waals surface area (Å²) in [5.41, 5.74) is 6.06. The van der Waals surface area contributed by atoms with Crippen molar-refractivity contribution in [2.24, 2.45) is 11.7 Å². The minimum atomic E-state index is -0.0526. The van der Waals surface area contributed by atoms with E-state index in [2.05, 4.69) is 25.7 Å². The highest BCUT2D eigenvalue weighted by molar-refractivity contribution is 4.97. The molecule has 1 aliphatic rings. The van der Waals surface area contributed by atoms with Crippen molar-refractivity contribution in [1.29, 1.82) is 0 Å². The largest absolute Gasteiger partial charge is 0.383 e. The molecule has 2 unspecified atom stereocenters. The Morgan fingerprint density at radius 3 is 2.68 bits per heavy atom. The van der Waals surface area contributed by atoms with Gasteiger partial charge in [-0.3, -0.25) is 4.90 Å². The van der Waals surface area contributed by atoms with Crippen molar-refractivity contribution in [3.8, 4) is 0 Å². The second-order valence-corrected chi connectivity index (χ2v) is 5.98. The Morgan fingerprint density at radius 1 is 1.42 bits per heavy atom. The Hall–Kier alpha value is -0.160. The normalized spacial score (nSPS) is 24.6. The van der Waals surface area contributed by atoms with Crippen molar-refractivity contribution in [3.63, 3.8) is 0 Å². The van der Waals surface area contributed by atoms with Crippen LogP contribution in [-0.2, 0) is 9.47 Å². The number of methoxy groups -OCH3 is 1. The predicted octanol–water partition coefficient (Wildman–Crippen LogP) is 1.88. The van der Waals surface area contributed by atoms with Crippen LogP contribution in [0.25, 0.3) is 0 Å². The van der Waals surface area contributed by atoms with Crippen LogP contribution in [0.15, 0.2) is 0 Å². The average Bonchev–Trinajstić information content (AvgIpc) is 2.42. The Bertz CT molecular complexity index is 248. The standard InChI is InChI=1S/C15H32N2O2/c1-5-9-19-14-7-6-8-17(10-14)15(11-16,12-18-4)13(2)3/h13-14H,5-12,16H2,1-4H3. The maximum absolute atomic E-state index is 6.11. The molecule has 19 heavy (non-hydrogen) atoms. The van der Waals surface area contributed by atoms with Gasteiger partial charge in [-0.25, -0.2) is 0 Å². The maximum Gasteiger partial charge on any atom is 0.0702 e. The molecule has 0 bridgehead atoms. The van der Waals surface area contributed by atoms with Crippen molar-refractivity contribution >= 4 is 0 Å². The van der Waals surface area contributed by atoms with E-state index in [0.29, 0.717) is 25.2 Å². The molecule has 114 valence electrons. The van der Waals surface area contributed by atoms with Crippen LogP contribution in [0.4, 0.5) is 0 Å². The van der Waals surface area contributed by atoms with Crippen LogP contribution < -0.4 is 5.73 Å². The third-order valence-electron chi connectivity index (χ3n) is 4.39. The van der Waals surface area contributed by atoms with E-state index in [-0.39, 0.29) is 5.54 Å². The number of hydrogen-bond acceptors (Lipinski definition) is 4. The summed E-state index contributed by atoms with van der Waals surface area (Å²) in [4.78, 5) is 2.50. The van der Waals surface area contributed by atoms with E-state index < -0.39 is 0 Å². The van der Waals surface area contributed by atoms with Crippen LogP contribution in [0, 0.1) is 5.92 Å². The first-order valence-electron chi connectivity index (χ1n) is 7.66. The molecule has 4 heteroatoms. The third kappa shape index (κ3) is 4.15. The fraction of sp³-hybridized carbons (Fsp3) is 1.00. The maximum atomic E-state index is 6.11. The smallest absolute Gasteiger partial charge is 0.0702 e. The summed E-state index contributed by atoms with van der Waals surface area (Å²) >= 11 is 0. The Morgan fingerprint density at radius 2 is 2.16 bits per heavy atom. The highest BCUT2D eigenvalue weighted by Gasteiger charge is 2.41. The van der Waals surface area contributed by atoms with Gasteiger partial charge in [0.1, 0.15) is 0 Å².